The van der Waals surface area contributed by atoms with Gasteiger partial charge in [0.2, 0.25) is 0 Å². The molecule has 3 atom stereocenters. The number of hydrogen-bond acceptors (Lipinski definition) is 3. The highest BCUT2D eigenvalue weighted by molar-refractivity contribution is 4.82. The predicted octanol–water partition coefficient (Wildman–Crippen LogP) is 0.524. The molecular formula is C9H19NO2. The van der Waals surface area contributed by atoms with Crippen LogP contribution in [-0.4, -0.2) is 36.5 Å². The van der Waals surface area contributed by atoms with Crippen LogP contribution >= 0.6 is 0 Å². The zero-order valence-electron chi connectivity index (χ0n) is 7.92. The molecule has 0 spiro atoms. The van der Waals surface area contributed by atoms with E-state index in [1.807, 2.05) is 0 Å². The lowest BCUT2D eigenvalue weighted by atomic mass is 10.1. The maximum atomic E-state index is 8.97. The molecule has 0 aromatic rings. The van der Waals surface area contributed by atoms with Crippen LogP contribution in [0.2, 0.25) is 0 Å². The van der Waals surface area contributed by atoms with Gasteiger partial charge in [-0.3, -0.25) is 0 Å². The van der Waals surface area contributed by atoms with Crippen molar-refractivity contribution in [3.05, 3.63) is 0 Å². The van der Waals surface area contributed by atoms with Crippen molar-refractivity contribution < 1.29 is 9.84 Å². The second-order valence-electron chi connectivity index (χ2n) is 3.43. The molecule has 1 rings (SSSR count). The van der Waals surface area contributed by atoms with Crippen LogP contribution in [-0.2, 0) is 4.74 Å². The van der Waals surface area contributed by atoms with Crippen molar-refractivity contribution >= 4 is 0 Å². The van der Waals surface area contributed by atoms with Crippen LogP contribution in [0.15, 0.2) is 0 Å². The second kappa shape index (κ2) is 4.80. The van der Waals surface area contributed by atoms with Crippen molar-refractivity contribution in [2.45, 2.75) is 44.9 Å². The summed E-state index contributed by atoms with van der Waals surface area (Å²) < 4.78 is 5.41. The van der Waals surface area contributed by atoms with E-state index in [2.05, 4.69) is 19.2 Å². The first kappa shape index (κ1) is 9.96. The monoisotopic (exact) mass is 173 g/mol. The SMILES string of the molecule is CC[C@@H](CO)N[C@@H]1CCO[C@@H]1C. The lowest BCUT2D eigenvalue weighted by Gasteiger charge is -2.21. The molecule has 0 aromatic carbocycles. The molecule has 12 heavy (non-hydrogen) atoms. The summed E-state index contributed by atoms with van der Waals surface area (Å²) >= 11 is 0. The standard InChI is InChI=1S/C9H19NO2/c1-3-8(6-11)10-9-4-5-12-7(9)2/h7-11H,3-6H2,1-2H3/t7-,8+,9-/m1/s1. The number of rotatable bonds is 4. The van der Waals surface area contributed by atoms with Gasteiger partial charge in [0.25, 0.3) is 0 Å². The molecule has 0 radical (unpaired) electrons. The van der Waals surface area contributed by atoms with Gasteiger partial charge in [-0.2, -0.15) is 0 Å². The van der Waals surface area contributed by atoms with Crippen molar-refractivity contribution in [1.29, 1.82) is 0 Å². The van der Waals surface area contributed by atoms with Gasteiger partial charge in [-0.25, -0.2) is 0 Å². The van der Waals surface area contributed by atoms with Gasteiger partial charge >= 0.3 is 0 Å². The molecule has 3 nitrogen and oxygen atoms in total. The summed E-state index contributed by atoms with van der Waals surface area (Å²) in [5.74, 6) is 0. The zero-order chi connectivity index (χ0) is 8.97. The van der Waals surface area contributed by atoms with E-state index >= 15 is 0 Å². The lowest BCUT2D eigenvalue weighted by Crippen LogP contribution is -2.43. The first-order valence-corrected chi connectivity index (χ1v) is 4.76. The third-order valence-corrected chi connectivity index (χ3v) is 2.54. The summed E-state index contributed by atoms with van der Waals surface area (Å²) in [5.41, 5.74) is 0. The van der Waals surface area contributed by atoms with Gasteiger partial charge in [0.15, 0.2) is 0 Å². The van der Waals surface area contributed by atoms with E-state index in [1.165, 1.54) is 0 Å². The average Bonchev–Trinajstić information content (AvgIpc) is 2.47. The zero-order valence-corrected chi connectivity index (χ0v) is 7.92. The Morgan fingerprint density at radius 2 is 2.42 bits per heavy atom. The van der Waals surface area contributed by atoms with Crippen LogP contribution in [0.4, 0.5) is 0 Å². The number of hydrogen-bond donors (Lipinski definition) is 2. The molecule has 72 valence electrons. The Kier molecular flexibility index (Phi) is 3.98. The summed E-state index contributed by atoms with van der Waals surface area (Å²) in [7, 11) is 0. The molecule has 1 fully saturated rings. The second-order valence-corrected chi connectivity index (χ2v) is 3.43. The number of nitrogens with one attached hydrogen (secondary N) is 1. The third kappa shape index (κ3) is 2.44. The van der Waals surface area contributed by atoms with E-state index in [-0.39, 0.29) is 12.6 Å². The van der Waals surface area contributed by atoms with Crippen molar-refractivity contribution in [2.24, 2.45) is 0 Å². The van der Waals surface area contributed by atoms with E-state index in [0.717, 1.165) is 19.4 Å². The Hall–Kier alpha value is -0.120. The number of ether oxygens (including phenoxy) is 1. The van der Waals surface area contributed by atoms with Gasteiger partial charge in [-0.1, -0.05) is 6.92 Å². The van der Waals surface area contributed by atoms with Crippen molar-refractivity contribution in [2.75, 3.05) is 13.2 Å². The topological polar surface area (TPSA) is 41.5 Å². The van der Waals surface area contributed by atoms with Gasteiger partial charge < -0.3 is 15.2 Å². The van der Waals surface area contributed by atoms with Crippen LogP contribution in [0.25, 0.3) is 0 Å². The third-order valence-electron chi connectivity index (χ3n) is 2.54. The Balaban J connectivity index is 2.28. The number of aliphatic hydroxyl groups is 1. The van der Waals surface area contributed by atoms with Crippen LogP contribution in [0.5, 0.6) is 0 Å². The molecule has 1 aliphatic heterocycles. The van der Waals surface area contributed by atoms with E-state index in [4.69, 9.17) is 9.84 Å². The molecule has 1 aliphatic rings. The molecule has 0 saturated carbocycles. The molecule has 0 amide bonds. The first-order chi connectivity index (χ1) is 5.77. The quantitative estimate of drug-likeness (QED) is 0.651. The Labute approximate surface area is 74.1 Å². The maximum Gasteiger partial charge on any atom is 0.0700 e. The minimum atomic E-state index is 0.222. The summed E-state index contributed by atoms with van der Waals surface area (Å²) in [6.45, 7) is 5.23. The minimum Gasteiger partial charge on any atom is -0.395 e. The molecule has 0 unspecified atom stereocenters. The van der Waals surface area contributed by atoms with E-state index < -0.39 is 0 Å². The normalized spacial score (nSPS) is 32.2. The Bertz CT molecular complexity index is 126. The smallest absolute Gasteiger partial charge is 0.0700 e. The van der Waals surface area contributed by atoms with Crippen LogP contribution < -0.4 is 5.32 Å². The molecule has 3 heteroatoms. The molecule has 0 bridgehead atoms. The Morgan fingerprint density at radius 1 is 1.67 bits per heavy atom. The minimum absolute atomic E-state index is 0.222. The van der Waals surface area contributed by atoms with Gasteiger partial charge in [0, 0.05) is 18.7 Å². The van der Waals surface area contributed by atoms with E-state index in [1.54, 1.807) is 0 Å². The van der Waals surface area contributed by atoms with E-state index in [9.17, 15) is 0 Å². The first-order valence-electron chi connectivity index (χ1n) is 4.76. The highest BCUT2D eigenvalue weighted by Crippen LogP contribution is 2.13. The molecule has 1 saturated heterocycles. The van der Waals surface area contributed by atoms with E-state index in [0.29, 0.717) is 12.1 Å². The summed E-state index contributed by atoms with van der Waals surface area (Å²) in [6.07, 6.45) is 2.34. The summed E-state index contributed by atoms with van der Waals surface area (Å²) in [5, 5.41) is 12.4. The van der Waals surface area contributed by atoms with Gasteiger partial charge in [0.05, 0.1) is 12.7 Å². The fraction of sp³-hybridized carbons (Fsp3) is 1.00. The fourth-order valence-electron chi connectivity index (χ4n) is 1.55. The molecule has 1 heterocycles. The number of aliphatic hydroxyl groups excluding tert-OH is 1. The van der Waals surface area contributed by atoms with Crippen molar-refractivity contribution in [1.82, 2.24) is 5.32 Å². The van der Waals surface area contributed by atoms with Gasteiger partial charge in [-0.05, 0) is 19.8 Å². The van der Waals surface area contributed by atoms with Crippen LogP contribution in [0.1, 0.15) is 26.7 Å². The van der Waals surface area contributed by atoms with Crippen molar-refractivity contribution in [3.8, 4) is 0 Å². The van der Waals surface area contributed by atoms with Crippen LogP contribution in [0, 0.1) is 0 Å². The van der Waals surface area contributed by atoms with Gasteiger partial charge in [0.1, 0.15) is 0 Å². The van der Waals surface area contributed by atoms with Gasteiger partial charge in [-0.15, -0.1) is 0 Å². The maximum absolute atomic E-state index is 8.97. The predicted molar refractivity (Wildman–Crippen MR) is 48.1 cm³/mol. The summed E-state index contributed by atoms with van der Waals surface area (Å²) in [6, 6.07) is 0.668. The van der Waals surface area contributed by atoms with Crippen molar-refractivity contribution in [3.63, 3.8) is 0 Å². The largest absolute Gasteiger partial charge is 0.395 e. The average molecular weight is 173 g/mol. The molecule has 2 N–H and O–H groups in total. The highest BCUT2D eigenvalue weighted by Gasteiger charge is 2.25. The molecular weight excluding hydrogens is 154 g/mol. The molecule has 0 aromatic heterocycles. The van der Waals surface area contributed by atoms with Crippen LogP contribution in [0.3, 0.4) is 0 Å². The molecule has 0 aliphatic carbocycles. The Morgan fingerprint density at radius 3 is 2.83 bits per heavy atom. The fourth-order valence-corrected chi connectivity index (χ4v) is 1.55. The summed E-state index contributed by atoms with van der Waals surface area (Å²) in [4.78, 5) is 0. The highest BCUT2D eigenvalue weighted by atomic mass is 16.5. The lowest BCUT2D eigenvalue weighted by molar-refractivity contribution is 0.107.